The van der Waals surface area contributed by atoms with Gasteiger partial charge >= 0.3 is 6.18 Å². The Morgan fingerprint density at radius 2 is 1.75 bits per heavy atom. The zero-order valence-electron chi connectivity index (χ0n) is 11.8. The predicted molar refractivity (Wildman–Crippen MR) is 68.0 cm³/mol. The Bertz CT molecular complexity index is 498. The van der Waals surface area contributed by atoms with Gasteiger partial charge in [-0.3, -0.25) is 0 Å². The van der Waals surface area contributed by atoms with Gasteiger partial charge in [-0.15, -0.1) is 0 Å². The SMILES string of the molecule is CC1(C)C(O)C(C)(C)C1Nc1ncncc1C(F)(F)F. The van der Waals surface area contributed by atoms with E-state index in [4.69, 9.17) is 0 Å². The van der Waals surface area contributed by atoms with Gasteiger partial charge in [0.05, 0.1) is 6.10 Å². The Balaban J connectivity index is 2.32. The smallest absolute Gasteiger partial charge is 0.392 e. The Morgan fingerprint density at radius 3 is 2.25 bits per heavy atom. The number of aliphatic hydroxyl groups excluding tert-OH is 1. The average Bonchev–Trinajstić information content (AvgIpc) is 2.34. The van der Waals surface area contributed by atoms with Crippen LogP contribution >= 0.6 is 0 Å². The maximum Gasteiger partial charge on any atom is 0.421 e. The lowest BCUT2D eigenvalue weighted by atomic mass is 9.49. The van der Waals surface area contributed by atoms with Crippen LogP contribution in [-0.2, 0) is 6.18 Å². The molecule has 0 radical (unpaired) electrons. The lowest BCUT2D eigenvalue weighted by Gasteiger charge is -2.62. The first-order valence-electron chi connectivity index (χ1n) is 6.31. The first-order valence-corrected chi connectivity index (χ1v) is 6.31. The minimum absolute atomic E-state index is 0.245. The molecule has 20 heavy (non-hydrogen) atoms. The Morgan fingerprint density at radius 1 is 1.20 bits per heavy atom. The van der Waals surface area contributed by atoms with Crippen LogP contribution in [-0.4, -0.2) is 27.2 Å². The molecule has 1 saturated carbocycles. The Kier molecular flexibility index (Phi) is 3.24. The maximum atomic E-state index is 12.9. The highest BCUT2D eigenvalue weighted by atomic mass is 19.4. The van der Waals surface area contributed by atoms with Crippen molar-refractivity contribution in [2.24, 2.45) is 10.8 Å². The van der Waals surface area contributed by atoms with Crippen molar-refractivity contribution in [2.75, 3.05) is 5.32 Å². The van der Waals surface area contributed by atoms with Crippen LogP contribution in [0.25, 0.3) is 0 Å². The van der Waals surface area contributed by atoms with Gasteiger partial charge in [0.2, 0.25) is 0 Å². The fourth-order valence-electron chi connectivity index (χ4n) is 3.30. The molecule has 1 heterocycles. The standard InChI is InChI=1S/C13H18F3N3O/c1-11(2)9(12(3,4)10(11)20)19-8-7(13(14,15)16)5-17-6-18-8/h5-6,9-10,20H,1-4H3,(H,17,18,19). The number of anilines is 1. The van der Waals surface area contributed by atoms with Gasteiger partial charge in [0.15, 0.2) is 0 Å². The molecule has 0 aliphatic heterocycles. The minimum Gasteiger partial charge on any atom is -0.392 e. The van der Waals surface area contributed by atoms with Crippen LogP contribution in [0, 0.1) is 10.8 Å². The molecule has 2 N–H and O–H groups in total. The van der Waals surface area contributed by atoms with Gasteiger partial charge < -0.3 is 10.4 Å². The molecule has 0 unspecified atom stereocenters. The van der Waals surface area contributed by atoms with Gasteiger partial charge in [0.25, 0.3) is 0 Å². The molecule has 0 bridgehead atoms. The van der Waals surface area contributed by atoms with Crippen molar-refractivity contribution in [1.29, 1.82) is 0 Å². The summed E-state index contributed by atoms with van der Waals surface area (Å²) in [5.74, 6) is -0.245. The molecule has 1 aromatic heterocycles. The van der Waals surface area contributed by atoms with E-state index in [1.165, 1.54) is 0 Å². The van der Waals surface area contributed by atoms with Crippen molar-refractivity contribution in [2.45, 2.75) is 46.0 Å². The number of aliphatic hydroxyl groups is 1. The van der Waals surface area contributed by atoms with Crippen LogP contribution in [0.1, 0.15) is 33.3 Å². The third kappa shape index (κ3) is 2.13. The highest BCUT2D eigenvalue weighted by Crippen LogP contribution is 2.55. The van der Waals surface area contributed by atoms with Crippen molar-refractivity contribution < 1.29 is 18.3 Å². The normalized spacial score (nSPS) is 27.8. The molecular formula is C13H18F3N3O. The summed E-state index contributed by atoms with van der Waals surface area (Å²) < 4.78 is 38.7. The summed E-state index contributed by atoms with van der Waals surface area (Å²) in [6, 6.07) is -0.319. The van der Waals surface area contributed by atoms with Crippen LogP contribution in [0.3, 0.4) is 0 Å². The zero-order valence-corrected chi connectivity index (χ0v) is 11.8. The molecule has 0 spiro atoms. The Labute approximate surface area is 115 Å². The molecule has 1 aromatic rings. The predicted octanol–water partition coefficient (Wildman–Crippen LogP) is 2.70. The molecule has 112 valence electrons. The molecule has 2 rings (SSSR count). The maximum absolute atomic E-state index is 12.9. The number of hydrogen-bond acceptors (Lipinski definition) is 4. The molecule has 0 atom stereocenters. The van der Waals surface area contributed by atoms with E-state index < -0.39 is 28.7 Å². The number of alkyl halides is 3. The lowest BCUT2D eigenvalue weighted by molar-refractivity contribution is -0.163. The van der Waals surface area contributed by atoms with Gasteiger partial charge in [-0.05, 0) is 0 Å². The van der Waals surface area contributed by atoms with E-state index in [2.05, 4.69) is 15.3 Å². The van der Waals surface area contributed by atoms with Crippen molar-refractivity contribution in [3.8, 4) is 0 Å². The average molecular weight is 289 g/mol. The quantitative estimate of drug-likeness (QED) is 0.879. The summed E-state index contributed by atoms with van der Waals surface area (Å²) >= 11 is 0. The monoisotopic (exact) mass is 289 g/mol. The molecule has 0 aromatic carbocycles. The number of aromatic nitrogens is 2. The second-order valence-corrected chi connectivity index (χ2v) is 6.41. The number of nitrogens with one attached hydrogen (secondary N) is 1. The number of rotatable bonds is 2. The minimum atomic E-state index is -4.51. The van der Waals surface area contributed by atoms with Crippen LogP contribution in [0.15, 0.2) is 12.5 Å². The van der Waals surface area contributed by atoms with Crippen molar-refractivity contribution in [3.05, 3.63) is 18.1 Å². The van der Waals surface area contributed by atoms with Gasteiger partial charge in [-0.25, -0.2) is 9.97 Å². The second-order valence-electron chi connectivity index (χ2n) is 6.41. The van der Waals surface area contributed by atoms with Crippen molar-refractivity contribution in [3.63, 3.8) is 0 Å². The molecule has 0 amide bonds. The van der Waals surface area contributed by atoms with Gasteiger partial charge in [-0.1, -0.05) is 27.7 Å². The topological polar surface area (TPSA) is 58.0 Å². The summed E-state index contributed by atoms with van der Waals surface area (Å²) in [5, 5.41) is 12.9. The van der Waals surface area contributed by atoms with E-state index in [0.717, 1.165) is 12.5 Å². The van der Waals surface area contributed by atoms with E-state index >= 15 is 0 Å². The van der Waals surface area contributed by atoms with Crippen LogP contribution in [0.4, 0.5) is 19.0 Å². The van der Waals surface area contributed by atoms with Crippen molar-refractivity contribution in [1.82, 2.24) is 9.97 Å². The van der Waals surface area contributed by atoms with Gasteiger partial charge in [0, 0.05) is 23.1 Å². The molecule has 1 fully saturated rings. The largest absolute Gasteiger partial charge is 0.421 e. The molecule has 1 aliphatic carbocycles. The van der Waals surface area contributed by atoms with E-state index in [1.54, 1.807) is 0 Å². The summed E-state index contributed by atoms with van der Waals surface area (Å²) in [6.45, 7) is 7.26. The molecule has 4 nitrogen and oxygen atoms in total. The summed E-state index contributed by atoms with van der Waals surface area (Å²) in [4.78, 5) is 7.13. The summed E-state index contributed by atoms with van der Waals surface area (Å²) in [6.07, 6.45) is -3.28. The number of hydrogen-bond donors (Lipinski definition) is 2. The van der Waals surface area contributed by atoms with Crippen molar-refractivity contribution >= 4 is 5.82 Å². The van der Waals surface area contributed by atoms with Gasteiger partial charge in [0.1, 0.15) is 17.7 Å². The first kappa shape index (κ1) is 15.0. The van der Waals surface area contributed by atoms with E-state index in [0.29, 0.717) is 0 Å². The molecular weight excluding hydrogens is 271 g/mol. The van der Waals surface area contributed by atoms with E-state index in [1.807, 2.05) is 27.7 Å². The second kappa shape index (κ2) is 4.31. The summed E-state index contributed by atoms with van der Waals surface area (Å²) in [5.41, 5.74) is -1.96. The first-order chi connectivity index (χ1) is 8.99. The van der Waals surface area contributed by atoms with Gasteiger partial charge in [-0.2, -0.15) is 13.2 Å². The van der Waals surface area contributed by atoms with Crippen LogP contribution < -0.4 is 5.32 Å². The highest BCUT2D eigenvalue weighted by molar-refractivity contribution is 5.47. The third-order valence-corrected chi connectivity index (χ3v) is 4.20. The highest BCUT2D eigenvalue weighted by Gasteiger charge is 2.61. The molecule has 7 heteroatoms. The van der Waals surface area contributed by atoms with Crippen LogP contribution in [0.2, 0.25) is 0 Å². The third-order valence-electron chi connectivity index (χ3n) is 4.20. The van der Waals surface area contributed by atoms with Crippen LogP contribution in [0.5, 0.6) is 0 Å². The zero-order chi connectivity index (χ0) is 15.3. The fourth-order valence-corrected chi connectivity index (χ4v) is 3.30. The molecule has 1 aliphatic rings. The number of halogens is 3. The lowest BCUT2D eigenvalue weighted by Crippen LogP contribution is -2.70. The van der Waals surface area contributed by atoms with E-state index in [9.17, 15) is 18.3 Å². The van der Waals surface area contributed by atoms with E-state index in [-0.39, 0.29) is 11.9 Å². The number of nitrogens with zero attached hydrogens (tertiary/aromatic N) is 2. The fraction of sp³-hybridized carbons (Fsp3) is 0.692. The molecule has 0 saturated heterocycles. The summed E-state index contributed by atoms with van der Waals surface area (Å²) in [7, 11) is 0. The Hall–Kier alpha value is -1.37.